The molecule has 2 heterocycles. The van der Waals surface area contributed by atoms with E-state index >= 15 is 0 Å². The van der Waals surface area contributed by atoms with Crippen LogP contribution in [0.1, 0.15) is 40.1 Å². The Morgan fingerprint density at radius 2 is 1.83 bits per heavy atom. The molecule has 1 aliphatic carbocycles. The van der Waals surface area contributed by atoms with E-state index in [2.05, 4.69) is 31.2 Å². The van der Waals surface area contributed by atoms with Crippen LogP contribution < -0.4 is 0 Å². The maximum absolute atomic E-state index is 9.98. The minimum absolute atomic E-state index is 0.0442. The Morgan fingerprint density at radius 1 is 1.09 bits per heavy atom. The highest BCUT2D eigenvalue weighted by molar-refractivity contribution is 7.19. The average Bonchev–Trinajstić information content (AvgIpc) is 2.92. The van der Waals surface area contributed by atoms with Crippen molar-refractivity contribution in [2.24, 2.45) is 0 Å². The summed E-state index contributed by atoms with van der Waals surface area (Å²) in [5.74, 6) is 0. The molecule has 0 amide bonds. The highest BCUT2D eigenvalue weighted by Gasteiger charge is 2.23. The largest absolute Gasteiger partial charge is 0.392 e. The van der Waals surface area contributed by atoms with Crippen LogP contribution in [0.15, 0.2) is 24.3 Å². The van der Waals surface area contributed by atoms with E-state index in [0.29, 0.717) is 0 Å². The Morgan fingerprint density at radius 3 is 2.57 bits per heavy atom. The number of aromatic nitrogens is 1. The summed E-state index contributed by atoms with van der Waals surface area (Å²) < 4.78 is 0. The third kappa shape index (κ3) is 2.39. The van der Waals surface area contributed by atoms with E-state index in [1.807, 2.05) is 18.3 Å². The minimum Gasteiger partial charge on any atom is -0.392 e. The van der Waals surface area contributed by atoms with Gasteiger partial charge in [0.2, 0.25) is 0 Å². The average molecular weight is 323 g/mol. The lowest BCUT2D eigenvalue weighted by atomic mass is 9.90. The number of hydrogen-bond donors (Lipinski definition) is 1. The smallest absolute Gasteiger partial charge is 0.124 e. The number of rotatable bonds is 2. The predicted octanol–water partition coefficient (Wildman–Crippen LogP) is 4.95. The monoisotopic (exact) mass is 323 g/mol. The molecule has 0 unspecified atom stereocenters. The van der Waals surface area contributed by atoms with Crippen molar-refractivity contribution in [3.63, 3.8) is 0 Å². The Labute approximate surface area is 140 Å². The lowest BCUT2D eigenvalue weighted by molar-refractivity contribution is 0.281. The van der Waals surface area contributed by atoms with E-state index in [1.165, 1.54) is 51.8 Å². The molecule has 0 radical (unpaired) electrons. The Balaban J connectivity index is 2.09. The Hall–Kier alpha value is -1.71. The van der Waals surface area contributed by atoms with Crippen LogP contribution in [0.5, 0.6) is 0 Å². The van der Waals surface area contributed by atoms with Crippen molar-refractivity contribution < 1.29 is 5.11 Å². The second-order valence-corrected chi connectivity index (χ2v) is 7.55. The fourth-order valence-corrected chi connectivity index (χ4v) is 4.99. The second-order valence-electron chi connectivity index (χ2n) is 6.47. The van der Waals surface area contributed by atoms with Gasteiger partial charge >= 0.3 is 0 Å². The van der Waals surface area contributed by atoms with Crippen LogP contribution in [0.3, 0.4) is 0 Å². The molecule has 4 rings (SSSR count). The van der Waals surface area contributed by atoms with Gasteiger partial charge in [0.25, 0.3) is 0 Å². The van der Waals surface area contributed by atoms with Gasteiger partial charge < -0.3 is 5.11 Å². The van der Waals surface area contributed by atoms with Crippen LogP contribution in [-0.4, -0.2) is 10.1 Å². The van der Waals surface area contributed by atoms with Crippen LogP contribution in [0.2, 0.25) is 0 Å². The van der Waals surface area contributed by atoms with E-state index in [9.17, 15) is 5.11 Å². The van der Waals surface area contributed by atoms with Crippen LogP contribution >= 0.6 is 11.3 Å². The number of nitrogens with zero attached hydrogens (tertiary/aromatic N) is 1. The van der Waals surface area contributed by atoms with Gasteiger partial charge in [0.1, 0.15) is 4.83 Å². The third-order valence-corrected chi connectivity index (χ3v) is 6.09. The van der Waals surface area contributed by atoms with Crippen molar-refractivity contribution in [2.75, 3.05) is 0 Å². The zero-order valence-corrected chi connectivity index (χ0v) is 14.5. The number of hydrogen-bond acceptors (Lipinski definition) is 3. The fraction of sp³-hybridized carbons (Fsp3) is 0.350. The number of thiophene rings is 1. The molecule has 23 heavy (non-hydrogen) atoms. The lowest BCUT2D eigenvalue weighted by Gasteiger charge is -2.16. The minimum atomic E-state index is 0.0442. The van der Waals surface area contributed by atoms with Crippen molar-refractivity contribution in [3.8, 4) is 11.1 Å². The van der Waals surface area contributed by atoms with E-state index in [0.717, 1.165) is 22.5 Å². The van der Waals surface area contributed by atoms with Gasteiger partial charge in [-0.25, -0.2) is 4.98 Å². The molecule has 3 heteroatoms. The van der Waals surface area contributed by atoms with Gasteiger partial charge in [-0.15, -0.1) is 11.3 Å². The molecule has 118 valence electrons. The molecule has 0 atom stereocenters. The first-order chi connectivity index (χ1) is 11.2. The third-order valence-electron chi connectivity index (χ3n) is 4.91. The highest BCUT2D eigenvalue weighted by atomic mass is 32.1. The van der Waals surface area contributed by atoms with Gasteiger partial charge in [0.15, 0.2) is 0 Å². The highest BCUT2D eigenvalue weighted by Crippen LogP contribution is 2.43. The van der Waals surface area contributed by atoms with Gasteiger partial charge in [0.05, 0.1) is 6.61 Å². The zero-order chi connectivity index (χ0) is 16.0. The van der Waals surface area contributed by atoms with Crippen molar-refractivity contribution >= 4 is 21.6 Å². The maximum Gasteiger partial charge on any atom is 0.124 e. The molecule has 2 nitrogen and oxygen atoms in total. The number of aliphatic hydroxyl groups is 1. The molecule has 0 fully saturated rings. The van der Waals surface area contributed by atoms with Crippen LogP contribution in [0.25, 0.3) is 21.3 Å². The number of pyridine rings is 1. The molecular formula is C20H21NOS. The van der Waals surface area contributed by atoms with Crippen molar-refractivity contribution in [1.82, 2.24) is 4.98 Å². The summed E-state index contributed by atoms with van der Waals surface area (Å²) in [5, 5.41) is 11.3. The van der Waals surface area contributed by atoms with Crippen molar-refractivity contribution in [3.05, 3.63) is 51.5 Å². The van der Waals surface area contributed by atoms with Crippen LogP contribution in [0.4, 0.5) is 0 Å². The topological polar surface area (TPSA) is 33.1 Å². The summed E-state index contributed by atoms with van der Waals surface area (Å²) in [6, 6.07) is 8.65. The SMILES string of the molecule is Cc1ccc(-c2c(CO)c(C)nc3sc4c(c23)CCCC4)cc1. The number of aryl methyl sites for hydroxylation is 4. The quantitative estimate of drug-likeness (QED) is 0.724. The molecule has 0 aliphatic heterocycles. The fourth-order valence-electron chi connectivity index (χ4n) is 3.67. The second kappa shape index (κ2) is 5.73. The predicted molar refractivity (Wildman–Crippen MR) is 97.1 cm³/mol. The first-order valence-corrected chi connectivity index (χ1v) is 9.12. The summed E-state index contributed by atoms with van der Waals surface area (Å²) in [5.41, 5.74) is 7.07. The molecule has 0 saturated heterocycles. The number of fused-ring (bicyclic) bond motifs is 3. The lowest BCUT2D eigenvalue weighted by Crippen LogP contribution is -2.01. The maximum atomic E-state index is 9.98. The molecule has 0 bridgehead atoms. The first kappa shape index (κ1) is 14.9. The molecule has 3 aromatic rings. The molecule has 1 aromatic carbocycles. The summed E-state index contributed by atoms with van der Waals surface area (Å²) in [6.07, 6.45) is 4.86. The standard InChI is InChI=1S/C20H21NOS/c1-12-7-9-14(10-8-12)18-16(11-22)13(2)21-20-19(18)15-5-3-4-6-17(15)23-20/h7-10,22H,3-6,11H2,1-2H3. The molecule has 0 saturated carbocycles. The van der Waals surface area contributed by atoms with E-state index in [1.54, 1.807) is 0 Å². The van der Waals surface area contributed by atoms with Gasteiger partial charge in [-0.05, 0) is 56.2 Å². The van der Waals surface area contributed by atoms with Crippen LogP contribution in [0, 0.1) is 13.8 Å². The summed E-state index contributed by atoms with van der Waals surface area (Å²) in [7, 11) is 0. The van der Waals surface area contributed by atoms with E-state index < -0.39 is 0 Å². The van der Waals surface area contributed by atoms with Crippen molar-refractivity contribution in [2.45, 2.75) is 46.1 Å². The van der Waals surface area contributed by atoms with Crippen LogP contribution in [-0.2, 0) is 19.4 Å². The van der Waals surface area contributed by atoms with E-state index in [-0.39, 0.29) is 6.61 Å². The van der Waals surface area contributed by atoms with Gasteiger partial charge in [-0.2, -0.15) is 0 Å². The summed E-state index contributed by atoms with van der Waals surface area (Å²) >= 11 is 1.85. The molecule has 2 aromatic heterocycles. The number of aliphatic hydroxyl groups excluding tert-OH is 1. The zero-order valence-electron chi connectivity index (χ0n) is 13.6. The number of benzene rings is 1. The first-order valence-electron chi connectivity index (χ1n) is 8.30. The molecular weight excluding hydrogens is 302 g/mol. The normalized spacial score (nSPS) is 14.2. The van der Waals surface area contributed by atoms with Gasteiger partial charge in [-0.3, -0.25) is 0 Å². The summed E-state index contributed by atoms with van der Waals surface area (Å²) in [6.45, 7) is 4.17. The molecule has 0 spiro atoms. The van der Waals surface area contributed by atoms with Gasteiger partial charge in [0, 0.05) is 21.5 Å². The van der Waals surface area contributed by atoms with E-state index in [4.69, 9.17) is 4.98 Å². The van der Waals surface area contributed by atoms with Crippen molar-refractivity contribution in [1.29, 1.82) is 0 Å². The Bertz CT molecular complexity index is 877. The molecule has 1 N–H and O–H groups in total. The van der Waals surface area contributed by atoms with Gasteiger partial charge in [-0.1, -0.05) is 29.8 Å². The molecule has 1 aliphatic rings. The Kier molecular flexibility index (Phi) is 3.70. The summed E-state index contributed by atoms with van der Waals surface area (Å²) in [4.78, 5) is 7.46.